The third-order valence-electron chi connectivity index (χ3n) is 1.94. The molecule has 1 heterocycles. The van der Waals surface area contributed by atoms with Crippen molar-refractivity contribution in [2.75, 3.05) is 12.9 Å². The molecule has 0 aliphatic heterocycles. The molecule has 1 aromatic heterocycles. The van der Waals surface area contributed by atoms with Gasteiger partial charge in [-0.15, -0.1) is 0 Å². The summed E-state index contributed by atoms with van der Waals surface area (Å²) < 4.78 is 4.49. The maximum atomic E-state index is 10.8. The lowest BCUT2D eigenvalue weighted by atomic mass is 10.2. The molecule has 0 unspecified atom stereocenters. The Balaban J connectivity index is 2.46. The van der Waals surface area contributed by atoms with Crippen molar-refractivity contribution in [3.8, 4) is 0 Å². The minimum absolute atomic E-state index is 0.0954. The van der Waals surface area contributed by atoms with Crippen LogP contribution in [0.2, 0.25) is 0 Å². The number of rotatable bonds is 6. The molecule has 7 heteroatoms. The fourth-order valence-electron chi connectivity index (χ4n) is 1.08. The molecule has 0 aliphatic carbocycles. The van der Waals surface area contributed by atoms with Gasteiger partial charge in [0, 0.05) is 17.7 Å². The highest BCUT2D eigenvalue weighted by Gasteiger charge is 2.11. The number of esters is 1. The molecule has 92 valence electrons. The summed E-state index contributed by atoms with van der Waals surface area (Å²) in [4.78, 5) is 29.3. The largest absolute Gasteiger partial charge is 0.478 e. The molecule has 0 radical (unpaired) electrons. The van der Waals surface area contributed by atoms with E-state index < -0.39 is 5.97 Å². The summed E-state index contributed by atoms with van der Waals surface area (Å²) >= 11 is 1.43. The summed E-state index contributed by atoms with van der Waals surface area (Å²) in [6, 6.07) is 0. The molecule has 1 aromatic rings. The molecule has 0 atom stereocenters. The topological polar surface area (TPSA) is 89.4 Å². The predicted molar refractivity (Wildman–Crippen MR) is 61.8 cm³/mol. The minimum atomic E-state index is -1.05. The lowest BCUT2D eigenvalue weighted by Gasteiger charge is -2.03. The molecule has 0 amide bonds. The van der Waals surface area contributed by atoms with Crippen LogP contribution in [-0.4, -0.2) is 39.9 Å². The molecule has 17 heavy (non-hydrogen) atoms. The molecular formula is C10H12N2O4S. The van der Waals surface area contributed by atoms with Crippen LogP contribution in [0, 0.1) is 0 Å². The number of hydrogen-bond donors (Lipinski definition) is 1. The standard InChI is InChI=1S/C10H12N2O4S/c1-16-9(13)2-3-17-5-8-7(10(14)15)4-11-6-12-8/h4,6H,2-3,5H2,1H3,(H,14,15). The van der Waals surface area contributed by atoms with Crippen molar-refractivity contribution < 1.29 is 19.4 Å². The second-order valence-corrected chi connectivity index (χ2v) is 4.17. The Morgan fingerprint density at radius 2 is 2.29 bits per heavy atom. The van der Waals surface area contributed by atoms with Gasteiger partial charge in [-0.05, 0) is 0 Å². The average molecular weight is 256 g/mol. The fraction of sp³-hybridized carbons (Fsp3) is 0.400. The minimum Gasteiger partial charge on any atom is -0.478 e. The van der Waals surface area contributed by atoms with Gasteiger partial charge in [0.1, 0.15) is 11.9 Å². The van der Waals surface area contributed by atoms with E-state index >= 15 is 0 Å². The van der Waals surface area contributed by atoms with Crippen molar-refractivity contribution in [1.29, 1.82) is 0 Å². The average Bonchev–Trinajstić information content (AvgIpc) is 2.34. The highest BCUT2D eigenvalue weighted by molar-refractivity contribution is 7.98. The molecule has 0 aliphatic rings. The summed E-state index contributed by atoms with van der Waals surface area (Å²) in [7, 11) is 1.33. The Bertz CT molecular complexity index is 411. The second kappa shape index (κ2) is 6.85. The Morgan fingerprint density at radius 3 is 2.94 bits per heavy atom. The zero-order valence-corrected chi connectivity index (χ0v) is 10.1. The normalized spacial score (nSPS) is 9.94. The van der Waals surface area contributed by atoms with Gasteiger partial charge >= 0.3 is 11.9 Å². The summed E-state index contributed by atoms with van der Waals surface area (Å²) in [5.74, 6) is -0.329. The summed E-state index contributed by atoms with van der Waals surface area (Å²) in [6.45, 7) is 0. The molecular weight excluding hydrogens is 244 g/mol. The van der Waals surface area contributed by atoms with Gasteiger partial charge in [0.15, 0.2) is 0 Å². The molecule has 1 N–H and O–H groups in total. The smallest absolute Gasteiger partial charge is 0.339 e. The van der Waals surface area contributed by atoms with Crippen LogP contribution in [0.25, 0.3) is 0 Å². The first-order valence-electron chi connectivity index (χ1n) is 4.82. The monoisotopic (exact) mass is 256 g/mol. The van der Waals surface area contributed by atoms with Crippen LogP contribution in [0.1, 0.15) is 22.5 Å². The number of carboxylic acid groups (broad SMARTS) is 1. The summed E-state index contributed by atoms with van der Waals surface area (Å²) in [5, 5.41) is 8.89. The summed E-state index contributed by atoms with van der Waals surface area (Å²) in [6.07, 6.45) is 2.88. The van der Waals surface area contributed by atoms with Gasteiger partial charge in [0.2, 0.25) is 0 Å². The summed E-state index contributed by atoms with van der Waals surface area (Å²) in [5.41, 5.74) is 0.556. The number of methoxy groups -OCH3 is 1. The molecule has 0 fully saturated rings. The van der Waals surface area contributed by atoms with Crippen LogP contribution in [0.5, 0.6) is 0 Å². The molecule has 0 spiro atoms. The maximum Gasteiger partial charge on any atom is 0.339 e. The van der Waals surface area contributed by atoms with E-state index in [1.165, 1.54) is 31.4 Å². The predicted octanol–water partition coefficient (Wildman–Crippen LogP) is 0.971. The zero-order chi connectivity index (χ0) is 12.7. The van der Waals surface area contributed by atoms with Crippen molar-refractivity contribution in [1.82, 2.24) is 9.97 Å². The van der Waals surface area contributed by atoms with Crippen LogP contribution >= 0.6 is 11.8 Å². The number of carbonyl (C=O) groups is 2. The van der Waals surface area contributed by atoms with Gasteiger partial charge in [0.05, 0.1) is 19.2 Å². The molecule has 0 bridgehead atoms. The third kappa shape index (κ3) is 4.39. The quantitative estimate of drug-likeness (QED) is 0.599. The number of ether oxygens (including phenoxy) is 1. The van der Waals surface area contributed by atoms with Crippen molar-refractivity contribution in [2.24, 2.45) is 0 Å². The van der Waals surface area contributed by atoms with Gasteiger partial charge in [-0.3, -0.25) is 4.79 Å². The Kier molecular flexibility index (Phi) is 5.41. The van der Waals surface area contributed by atoms with Crippen LogP contribution in [0.15, 0.2) is 12.5 Å². The Morgan fingerprint density at radius 1 is 1.53 bits per heavy atom. The van der Waals surface area contributed by atoms with E-state index in [1.807, 2.05) is 0 Å². The Labute approximate surface area is 102 Å². The van der Waals surface area contributed by atoms with E-state index in [4.69, 9.17) is 5.11 Å². The Hall–Kier alpha value is -1.63. The first kappa shape index (κ1) is 13.4. The SMILES string of the molecule is COC(=O)CCSCc1ncncc1C(=O)O. The number of aromatic carboxylic acids is 1. The number of hydrogen-bond acceptors (Lipinski definition) is 6. The van der Waals surface area contributed by atoms with Crippen molar-refractivity contribution >= 4 is 23.7 Å². The number of thioether (sulfide) groups is 1. The number of carboxylic acids is 1. The van der Waals surface area contributed by atoms with E-state index in [2.05, 4.69) is 14.7 Å². The number of aromatic nitrogens is 2. The number of nitrogens with zero attached hydrogens (tertiary/aromatic N) is 2. The van der Waals surface area contributed by atoms with E-state index in [-0.39, 0.29) is 11.5 Å². The maximum absolute atomic E-state index is 10.8. The first-order valence-corrected chi connectivity index (χ1v) is 5.97. The zero-order valence-electron chi connectivity index (χ0n) is 9.25. The van der Waals surface area contributed by atoms with E-state index in [9.17, 15) is 9.59 Å². The highest BCUT2D eigenvalue weighted by atomic mass is 32.2. The van der Waals surface area contributed by atoms with Gasteiger partial charge in [-0.2, -0.15) is 11.8 Å². The van der Waals surface area contributed by atoms with Gasteiger partial charge < -0.3 is 9.84 Å². The molecule has 0 aromatic carbocycles. The van der Waals surface area contributed by atoms with Crippen molar-refractivity contribution in [3.63, 3.8) is 0 Å². The molecule has 0 saturated heterocycles. The van der Waals surface area contributed by atoms with Crippen LogP contribution < -0.4 is 0 Å². The fourth-order valence-corrected chi connectivity index (χ4v) is 1.95. The van der Waals surface area contributed by atoms with Crippen LogP contribution in [0.3, 0.4) is 0 Å². The van der Waals surface area contributed by atoms with Crippen LogP contribution in [-0.2, 0) is 15.3 Å². The second-order valence-electron chi connectivity index (χ2n) is 3.07. The van der Waals surface area contributed by atoms with Crippen molar-refractivity contribution in [3.05, 3.63) is 23.8 Å². The molecule has 1 rings (SSSR count). The number of carbonyl (C=O) groups excluding carboxylic acids is 1. The van der Waals surface area contributed by atoms with E-state index in [0.717, 1.165) is 0 Å². The van der Waals surface area contributed by atoms with Crippen LogP contribution in [0.4, 0.5) is 0 Å². The van der Waals surface area contributed by atoms with Crippen molar-refractivity contribution in [2.45, 2.75) is 12.2 Å². The highest BCUT2D eigenvalue weighted by Crippen LogP contribution is 2.14. The third-order valence-corrected chi connectivity index (χ3v) is 2.91. The molecule has 6 nitrogen and oxygen atoms in total. The first-order chi connectivity index (χ1) is 8.15. The molecule has 0 saturated carbocycles. The van der Waals surface area contributed by atoms with Gasteiger partial charge in [0.25, 0.3) is 0 Å². The lowest BCUT2D eigenvalue weighted by molar-refractivity contribution is -0.140. The van der Waals surface area contributed by atoms with Gasteiger partial charge in [-0.25, -0.2) is 14.8 Å². The lowest BCUT2D eigenvalue weighted by Crippen LogP contribution is -2.05. The van der Waals surface area contributed by atoms with E-state index in [0.29, 0.717) is 23.6 Å². The van der Waals surface area contributed by atoms with Gasteiger partial charge in [-0.1, -0.05) is 0 Å². The van der Waals surface area contributed by atoms with E-state index in [1.54, 1.807) is 0 Å².